The van der Waals surface area contributed by atoms with E-state index in [1.165, 1.54) is 0 Å². The molecule has 6 heteroatoms. The molecule has 0 radical (unpaired) electrons. The molecule has 0 spiro atoms. The molecular weight excluding hydrogens is 320 g/mol. The van der Waals surface area contributed by atoms with Crippen LogP contribution in [0, 0.1) is 23.7 Å². The predicted molar refractivity (Wildman–Crippen MR) is 92.1 cm³/mol. The number of benzene rings is 1. The predicted octanol–water partition coefficient (Wildman–Crippen LogP) is 3.70. The number of aliphatic hydroxyl groups is 1. The van der Waals surface area contributed by atoms with E-state index in [2.05, 4.69) is 16.1 Å². The van der Waals surface area contributed by atoms with Gasteiger partial charge in [-0.15, -0.1) is 11.5 Å². The smallest absolute Gasteiger partial charge is 0.317 e. The fourth-order valence-electron chi connectivity index (χ4n) is 2.74. The summed E-state index contributed by atoms with van der Waals surface area (Å²) in [5.41, 5.74) is 0.197. The number of Topliss-reactive ketones (excluding diaryl/α,β-unsaturated/α-hetero) is 1. The average molecular weight is 340 g/mol. The Morgan fingerprint density at radius 2 is 2.00 bits per heavy atom. The highest BCUT2D eigenvalue weighted by molar-refractivity contribution is 5.99. The number of hydrogen-bond acceptors (Lipinski definition) is 6. The minimum Gasteiger partial charge on any atom is -0.509 e. The second kappa shape index (κ2) is 7.31. The first-order valence-electron chi connectivity index (χ1n) is 7.91. The Hall–Kier alpha value is -2.94. The standard InChI is InChI=1S/C19H20N2O4/c1-5-12-7-9-13(10-8-12)20-21-16-14(22)11-19(3,4)15(17(16)23)18(24)25-6-2/h1,7-10,15,23H,6,11H2,2-4H3. The maximum absolute atomic E-state index is 12.3. The van der Waals surface area contributed by atoms with Crippen molar-refractivity contribution in [1.82, 2.24) is 0 Å². The van der Waals surface area contributed by atoms with Crippen molar-refractivity contribution in [2.75, 3.05) is 6.61 Å². The third-order valence-electron chi connectivity index (χ3n) is 4.00. The molecule has 0 bridgehead atoms. The van der Waals surface area contributed by atoms with Crippen LogP contribution >= 0.6 is 0 Å². The number of nitrogens with zero attached hydrogens (tertiary/aromatic N) is 2. The number of ketones is 1. The first-order chi connectivity index (χ1) is 11.8. The summed E-state index contributed by atoms with van der Waals surface area (Å²) in [7, 11) is 0. The van der Waals surface area contributed by atoms with Gasteiger partial charge in [-0.25, -0.2) is 0 Å². The fourth-order valence-corrected chi connectivity index (χ4v) is 2.74. The summed E-state index contributed by atoms with van der Waals surface area (Å²) in [6.07, 6.45) is 5.35. The van der Waals surface area contributed by atoms with Gasteiger partial charge >= 0.3 is 5.97 Å². The van der Waals surface area contributed by atoms with Crippen molar-refractivity contribution in [1.29, 1.82) is 0 Å². The zero-order valence-corrected chi connectivity index (χ0v) is 14.4. The Morgan fingerprint density at radius 3 is 2.56 bits per heavy atom. The van der Waals surface area contributed by atoms with E-state index >= 15 is 0 Å². The average Bonchev–Trinajstić information content (AvgIpc) is 2.54. The van der Waals surface area contributed by atoms with E-state index in [9.17, 15) is 14.7 Å². The Morgan fingerprint density at radius 1 is 1.36 bits per heavy atom. The summed E-state index contributed by atoms with van der Waals surface area (Å²) in [5.74, 6) is 0.182. The molecule has 1 N–H and O–H groups in total. The molecule has 130 valence electrons. The number of terminal acetylenes is 1. The van der Waals surface area contributed by atoms with Gasteiger partial charge in [-0.1, -0.05) is 19.8 Å². The molecule has 1 aliphatic carbocycles. The molecule has 0 heterocycles. The molecule has 1 aromatic carbocycles. The number of rotatable bonds is 4. The lowest BCUT2D eigenvalue weighted by atomic mass is 9.70. The lowest BCUT2D eigenvalue weighted by molar-refractivity contribution is -0.152. The molecule has 0 aliphatic heterocycles. The van der Waals surface area contributed by atoms with E-state index in [0.717, 1.165) is 0 Å². The van der Waals surface area contributed by atoms with Gasteiger partial charge in [0.15, 0.2) is 11.5 Å². The summed E-state index contributed by atoms with van der Waals surface area (Å²) >= 11 is 0. The fraction of sp³-hybridized carbons (Fsp3) is 0.368. The number of ether oxygens (including phenoxy) is 1. The Balaban J connectivity index is 2.37. The van der Waals surface area contributed by atoms with Crippen LogP contribution in [0.3, 0.4) is 0 Å². The van der Waals surface area contributed by atoms with Gasteiger partial charge in [0.05, 0.1) is 12.3 Å². The largest absolute Gasteiger partial charge is 0.509 e. The number of aliphatic hydroxyl groups excluding tert-OH is 1. The van der Waals surface area contributed by atoms with Crippen LogP contribution in [-0.2, 0) is 14.3 Å². The maximum Gasteiger partial charge on any atom is 0.317 e. The number of allylic oxidation sites excluding steroid dienone is 1. The molecule has 1 aliphatic rings. The van der Waals surface area contributed by atoms with Crippen molar-refractivity contribution >= 4 is 17.4 Å². The Kier molecular flexibility index (Phi) is 5.38. The van der Waals surface area contributed by atoms with Gasteiger partial charge in [-0.2, -0.15) is 5.11 Å². The topological polar surface area (TPSA) is 88.3 Å². The Bertz CT molecular complexity index is 783. The lowest BCUT2D eigenvalue weighted by Crippen LogP contribution is -2.40. The quantitative estimate of drug-likeness (QED) is 0.514. The van der Waals surface area contributed by atoms with Crippen molar-refractivity contribution in [3.8, 4) is 12.3 Å². The molecule has 0 aromatic heterocycles. The van der Waals surface area contributed by atoms with Crippen LogP contribution in [-0.4, -0.2) is 23.5 Å². The zero-order valence-electron chi connectivity index (χ0n) is 14.4. The van der Waals surface area contributed by atoms with E-state index < -0.39 is 23.1 Å². The van der Waals surface area contributed by atoms with E-state index in [1.807, 2.05) is 0 Å². The van der Waals surface area contributed by atoms with Gasteiger partial charge in [-0.3, -0.25) is 9.59 Å². The number of azo groups is 1. The monoisotopic (exact) mass is 340 g/mol. The summed E-state index contributed by atoms with van der Waals surface area (Å²) < 4.78 is 5.02. The summed E-state index contributed by atoms with van der Waals surface area (Å²) in [6, 6.07) is 6.68. The highest BCUT2D eigenvalue weighted by Crippen LogP contribution is 2.42. The van der Waals surface area contributed by atoms with Gasteiger partial charge in [0, 0.05) is 12.0 Å². The summed E-state index contributed by atoms with van der Waals surface area (Å²) in [6.45, 7) is 5.33. The van der Waals surface area contributed by atoms with Gasteiger partial charge in [-0.05, 0) is 36.6 Å². The minimum atomic E-state index is -0.956. The molecule has 0 saturated heterocycles. The Labute approximate surface area is 146 Å². The normalized spacial score (nSPS) is 19.8. The highest BCUT2D eigenvalue weighted by Gasteiger charge is 2.47. The molecular formula is C19H20N2O4. The number of esters is 1. The van der Waals surface area contributed by atoms with E-state index in [1.54, 1.807) is 45.0 Å². The van der Waals surface area contributed by atoms with Gasteiger partial charge in [0.2, 0.25) is 0 Å². The summed E-state index contributed by atoms with van der Waals surface area (Å²) in [5, 5.41) is 18.3. The van der Waals surface area contributed by atoms with Crippen LogP contribution in [0.2, 0.25) is 0 Å². The number of carbonyl (C=O) groups is 2. The van der Waals surface area contributed by atoms with Gasteiger partial charge in [0.1, 0.15) is 11.7 Å². The van der Waals surface area contributed by atoms with Crippen molar-refractivity contribution in [2.24, 2.45) is 21.6 Å². The van der Waals surface area contributed by atoms with Crippen molar-refractivity contribution in [2.45, 2.75) is 27.2 Å². The molecule has 0 saturated carbocycles. The molecule has 1 aromatic rings. The molecule has 1 atom stereocenters. The number of carbonyl (C=O) groups excluding carboxylic acids is 2. The van der Waals surface area contributed by atoms with Crippen LogP contribution in [0.15, 0.2) is 46.0 Å². The van der Waals surface area contributed by atoms with Crippen LogP contribution in [0.1, 0.15) is 32.8 Å². The van der Waals surface area contributed by atoms with Crippen LogP contribution < -0.4 is 0 Å². The first kappa shape index (κ1) is 18.4. The van der Waals surface area contributed by atoms with Crippen molar-refractivity contribution < 1.29 is 19.4 Å². The van der Waals surface area contributed by atoms with E-state index in [4.69, 9.17) is 11.2 Å². The number of hydrogen-bond donors (Lipinski definition) is 1. The molecule has 6 nitrogen and oxygen atoms in total. The third-order valence-corrected chi connectivity index (χ3v) is 4.00. The second-order valence-corrected chi connectivity index (χ2v) is 6.40. The highest BCUT2D eigenvalue weighted by atomic mass is 16.5. The molecule has 0 amide bonds. The molecule has 1 unspecified atom stereocenters. The molecule has 25 heavy (non-hydrogen) atoms. The second-order valence-electron chi connectivity index (χ2n) is 6.40. The van der Waals surface area contributed by atoms with Gasteiger partial charge < -0.3 is 9.84 Å². The van der Waals surface area contributed by atoms with E-state index in [0.29, 0.717) is 11.3 Å². The van der Waals surface area contributed by atoms with Crippen molar-refractivity contribution in [3.63, 3.8) is 0 Å². The first-order valence-corrected chi connectivity index (χ1v) is 7.91. The summed E-state index contributed by atoms with van der Waals surface area (Å²) in [4.78, 5) is 24.5. The molecule has 2 rings (SSSR count). The van der Waals surface area contributed by atoms with Gasteiger partial charge in [0.25, 0.3) is 0 Å². The minimum absolute atomic E-state index is 0.0604. The zero-order chi connectivity index (χ0) is 18.6. The van der Waals surface area contributed by atoms with E-state index in [-0.39, 0.29) is 24.5 Å². The maximum atomic E-state index is 12.3. The lowest BCUT2D eigenvalue weighted by Gasteiger charge is -2.35. The van der Waals surface area contributed by atoms with Crippen LogP contribution in [0.5, 0.6) is 0 Å². The third kappa shape index (κ3) is 3.94. The van der Waals surface area contributed by atoms with Crippen LogP contribution in [0.4, 0.5) is 5.69 Å². The van der Waals surface area contributed by atoms with Crippen molar-refractivity contribution in [3.05, 3.63) is 41.3 Å². The van der Waals surface area contributed by atoms with Crippen LogP contribution in [0.25, 0.3) is 0 Å². The molecule has 0 fully saturated rings. The SMILES string of the molecule is C#Cc1ccc(N=NC2=C(O)C(C(=O)OCC)C(C)(C)CC2=O)cc1.